The molecular weight excluding hydrogens is 212 g/mol. The third-order valence-electron chi connectivity index (χ3n) is 2.08. The molecule has 0 aliphatic carbocycles. The van der Waals surface area contributed by atoms with Crippen LogP contribution in [0.15, 0.2) is 17.3 Å². The Balaban J connectivity index is 2.40. The molecule has 80 valence electrons. The monoisotopic (exact) mass is 218 g/mol. The van der Waals surface area contributed by atoms with E-state index in [0.29, 0.717) is 11.5 Å². The molecule has 0 radical (unpaired) electrons. The molecule has 16 heavy (non-hydrogen) atoms. The predicted octanol–water partition coefficient (Wildman–Crippen LogP) is -1.19. The van der Waals surface area contributed by atoms with Gasteiger partial charge in [0.15, 0.2) is 17.0 Å². The lowest BCUT2D eigenvalue weighted by atomic mass is 10.5. The molecule has 0 aliphatic heterocycles. The minimum atomic E-state index is -0.384. The van der Waals surface area contributed by atoms with Crippen molar-refractivity contribution in [3.63, 3.8) is 0 Å². The van der Waals surface area contributed by atoms with Crippen LogP contribution in [0.4, 0.5) is 5.95 Å². The SMILES string of the molecule is Nc1nc2c(ncn2-c2c[nH]nn2)c(=O)[nH]1. The molecule has 3 heterocycles. The molecule has 0 unspecified atom stereocenters. The second kappa shape index (κ2) is 2.89. The zero-order valence-electron chi connectivity index (χ0n) is 7.88. The quantitative estimate of drug-likeness (QED) is 0.470. The predicted molar refractivity (Wildman–Crippen MR) is 53.8 cm³/mol. The van der Waals surface area contributed by atoms with Gasteiger partial charge in [-0.05, 0) is 0 Å². The summed E-state index contributed by atoms with van der Waals surface area (Å²) in [6, 6.07) is 0. The van der Waals surface area contributed by atoms with E-state index in [2.05, 4.69) is 30.4 Å². The first-order valence-electron chi connectivity index (χ1n) is 4.35. The Morgan fingerprint density at radius 1 is 1.44 bits per heavy atom. The summed E-state index contributed by atoms with van der Waals surface area (Å²) in [6.07, 6.45) is 2.99. The number of aromatic nitrogens is 7. The number of anilines is 1. The third kappa shape index (κ3) is 1.08. The molecule has 0 atom stereocenters. The number of nitrogens with one attached hydrogen (secondary N) is 2. The Bertz CT molecular complexity index is 693. The maximum atomic E-state index is 11.5. The summed E-state index contributed by atoms with van der Waals surface area (Å²) in [5, 5.41) is 9.91. The van der Waals surface area contributed by atoms with Crippen LogP contribution in [-0.2, 0) is 0 Å². The van der Waals surface area contributed by atoms with Gasteiger partial charge in [0.05, 0.1) is 6.20 Å². The number of fused-ring (bicyclic) bond motifs is 1. The second-order valence-corrected chi connectivity index (χ2v) is 3.07. The average Bonchev–Trinajstić information content (AvgIpc) is 2.83. The van der Waals surface area contributed by atoms with Crippen molar-refractivity contribution >= 4 is 17.1 Å². The number of nitrogens with two attached hydrogens (primary N) is 1. The van der Waals surface area contributed by atoms with Crippen LogP contribution in [0.3, 0.4) is 0 Å². The van der Waals surface area contributed by atoms with Gasteiger partial charge in [0.25, 0.3) is 5.56 Å². The Morgan fingerprint density at radius 2 is 2.31 bits per heavy atom. The van der Waals surface area contributed by atoms with Crippen LogP contribution >= 0.6 is 0 Å². The molecule has 0 aliphatic rings. The fourth-order valence-corrected chi connectivity index (χ4v) is 1.41. The minimum absolute atomic E-state index is 0.0303. The molecule has 0 amide bonds. The van der Waals surface area contributed by atoms with E-state index in [1.165, 1.54) is 10.9 Å². The number of hydrogen-bond donors (Lipinski definition) is 3. The summed E-state index contributed by atoms with van der Waals surface area (Å²) in [5.74, 6) is 0.516. The van der Waals surface area contributed by atoms with E-state index in [0.717, 1.165) is 0 Å². The van der Waals surface area contributed by atoms with Crippen molar-refractivity contribution < 1.29 is 0 Å². The van der Waals surface area contributed by atoms with Gasteiger partial charge in [-0.2, -0.15) is 4.98 Å². The van der Waals surface area contributed by atoms with Crippen molar-refractivity contribution in [2.24, 2.45) is 0 Å². The van der Waals surface area contributed by atoms with Crippen molar-refractivity contribution in [3.05, 3.63) is 22.9 Å². The maximum absolute atomic E-state index is 11.5. The van der Waals surface area contributed by atoms with Crippen molar-refractivity contribution in [1.29, 1.82) is 0 Å². The molecule has 0 saturated carbocycles. The highest BCUT2D eigenvalue weighted by Gasteiger charge is 2.11. The second-order valence-electron chi connectivity index (χ2n) is 3.07. The topological polar surface area (TPSA) is 131 Å². The number of nitrogen functional groups attached to an aromatic ring is 1. The molecule has 0 fully saturated rings. The molecular formula is C7H6N8O. The van der Waals surface area contributed by atoms with Crippen LogP contribution in [0.25, 0.3) is 17.0 Å². The van der Waals surface area contributed by atoms with Gasteiger partial charge in [-0.1, -0.05) is 5.21 Å². The Labute approximate surface area is 87.3 Å². The molecule has 9 heteroatoms. The number of hydrogen-bond acceptors (Lipinski definition) is 6. The lowest BCUT2D eigenvalue weighted by Gasteiger charge is -1.97. The number of H-pyrrole nitrogens is 2. The van der Waals surface area contributed by atoms with Gasteiger partial charge in [0.2, 0.25) is 5.95 Å². The van der Waals surface area contributed by atoms with E-state index in [-0.39, 0.29) is 17.0 Å². The van der Waals surface area contributed by atoms with E-state index in [4.69, 9.17) is 5.73 Å². The van der Waals surface area contributed by atoms with Gasteiger partial charge in [0, 0.05) is 0 Å². The van der Waals surface area contributed by atoms with E-state index in [1.807, 2.05) is 0 Å². The fourth-order valence-electron chi connectivity index (χ4n) is 1.41. The molecule has 3 aromatic heterocycles. The summed E-state index contributed by atoms with van der Waals surface area (Å²) in [6.45, 7) is 0. The molecule has 0 aromatic carbocycles. The lowest BCUT2D eigenvalue weighted by Crippen LogP contribution is -2.12. The Kier molecular flexibility index (Phi) is 1.55. The van der Waals surface area contributed by atoms with Crippen LogP contribution in [0, 0.1) is 0 Å². The third-order valence-corrected chi connectivity index (χ3v) is 2.08. The first kappa shape index (κ1) is 8.59. The number of aromatic amines is 2. The van der Waals surface area contributed by atoms with Crippen LogP contribution < -0.4 is 11.3 Å². The van der Waals surface area contributed by atoms with Crippen LogP contribution in [0.1, 0.15) is 0 Å². The number of nitrogens with zero attached hydrogens (tertiary/aromatic N) is 5. The standard InChI is InChI=1S/C7H6N8O/c8-7-11-5-4(6(16)12-7)9-2-15(5)3-1-10-14-13-3/h1-2H,(H,10,13,14)(H3,8,11,12,16). The Morgan fingerprint density at radius 3 is 3.06 bits per heavy atom. The molecule has 0 spiro atoms. The fraction of sp³-hybridized carbons (Fsp3) is 0. The maximum Gasteiger partial charge on any atom is 0.280 e. The lowest BCUT2D eigenvalue weighted by molar-refractivity contribution is 0.910. The summed E-state index contributed by atoms with van der Waals surface area (Å²) < 4.78 is 1.52. The first-order chi connectivity index (χ1) is 7.75. The highest BCUT2D eigenvalue weighted by Crippen LogP contribution is 2.10. The molecule has 9 nitrogen and oxygen atoms in total. The van der Waals surface area contributed by atoms with E-state index < -0.39 is 0 Å². The highest BCUT2D eigenvalue weighted by atomic mass is 16.1. The molecule has 4 N–H and O–H groups in total. The van der Waals surface area contributed by atoms with Crippen molar-refractivity contribution in [1.82, 2.24) is 34.9 Å². The average molecular weight is 218 g/mol. The molecule has 3 rings (SSSR count). The molecule has 0 bridgehead atoms. The van der Waals surface area contributed by atoms with Gasteiger partial charge in [-0.15, -0.1) is 5.10 Å². The molecule has 0 saturated heterocycles. The van der Waals surface area contributed by atoms with Crippen LogP contribution in [0.2, 0.25) is 0 Å². The Hall–Kier alpha value is -2.71. The molecule has 3 aromatic rings. The zero-order chi connectivity index (χ0) is 11.1. The van der Waals surface area contributed by atoms with Gasteiger partial charge < -0.3 is 5.73 Å². The first-order valence-corrected chi connectivity index (χ1v) is 4.35. The minimum Gasteiger partial charge on any atom is -0.369 e. The summed E-state index contributed by atoms with van der Waals surface area (Å²) in [5.41, 5.74) is 5.62. The van der Waals surface area contributed by atoms with E-state index >= 15 is 0 Å². The van der Waals surface area contributed by atoms with Crippen molar-refractivity contribution in [2.45, 2.75) is 0 Å². The smallest absolute Gasteiger partial charge is 0.280 e. The van der Waals surface area contributed by atoms with Crippen molar-refractivity contribution in [2.75, 3.05) is 5.73 Å². The van der Waals surface area contributed by atoms with E-state index in [9.17, 15) is 4.79 Å². The van der Waals surface area contributed by atoms with Crippen LogP contribution in [-0.4, -0.2) is 34.9 Å². The summed E-state index contributed by atoms with van der Waals surface area (Å²) in [4.78, 5) is 21.8. The van der Waals surface area contributed by atoms with Crippen LogP contribution in [0.5, 0.6) is 0 Å². The van der Waals surface area contributed by atoms with Crippen molar-refractivity contribution in [3.8, 4) is 5.82 Å². The zero-order valence-corrected chi connectivity index (χ0v) is 7.88. The van der Waals surface area contributed by atoms with Gasteiger partial charge in [-0.25, -0.2) is 4.98 Å². The largest absolute Gasteiger partial charge is 0.369 e. The van der Waals surface area contributed by atoms with Gasteiger partial charge in [-0.3, -0.25) is 19.4 Å². The number of imidazole rings is 1. The summed E-state index contributed by atoms with van der Waals surface area (Å²) >= 11 is 0. The normalized spacial score (nSPS) is 11.0. The highest BCUT2D eigenvalue weighted by molar-refractivity contribution is 5.72. The number of rotatable bonds is 1. The van der Waals surface area contributed by atoms with E-state index in [1.54, 1.807) is 6.20 Å². The van der Waals surface area contributed by atoms with Gasteiger partial charge >= 0.3 is 0 Å². The summed E-state index contributed by atoms with van der Waals surface area (Å²) in [7, 11) is 0. The van der Waals surface area contributed by atoms with Gasteiger partial charge in [0.1, 0.15) is 6.33 Å².